The summed E-state index contributed by atoms with van der Waals surface area (Å²) < 4.78 is 33.9. The molecule has 1 saturated heterocycles. The molecule has 3 rings (SSSR count). The quantitative estimate of drug-likeness (QED) is 0.808. The van der Waals surface area contributed by atoms with Crippen LogP contribution in [-0.2, 0) is 14.8 Å². The third kappa shape index (κ3) is 3.58. The van der Waals surface area contributed by atoms with Gasteiger partial charge in [0.05, 0.1) is 24.2 Å². The number of nitrogens with zero attached hydrogens (tertiary/aromatic N) is 4. The summed E-state index contributed by atoms with van der Waals surface area (Å²) in [6, 6.07) is 9.35. The minimum atomic E-state index is -3.67. The molecule has 1 aliphatic rings. The number of carbonyl (C=O) groups is 1. The van der Waals surface area contributed by atoms with Crippen molar-refractivity contribution < 1.29 is 17.9 Å². The van der Waals surface area contributed by atoms with E-state index in [2.05, 4.69) is 5.10 Å². The van der Waals surface area contributed by atoms with Crippen molar-refractivity contribution >= 4 is 16.1 Å². The lowest BCUT2D eigenvalue weighted by Crippen LogP contribution is -2.50. The van der Waals surface area contributed by atoms with Gasteiger partial charge in [0.2, 0.25) is 10.0 Å². The fourth-order valence-electron chi connectivity index (χ4n) is 2.88. The molecule has 0 atom stereocenters. The number of para-hydroxylation sites is 1. The first-order valence-corrected chi connectivity index (χ1v) is 9.91. The van der Waals surface area contributed by atoms with Gasteiger partial charge in [-0.25, -0.2) is 17.9 Å². The highest BCUT2D eigenvalue weighted by molar-refractivity contribution is 7.89. The summed E-state index contributed by atoms with van der Waals surface area (Å²) in [6.45, 7) is 4.81. The van der Waals surface area contributed by atoms with E-state index in [-0.39, 0.29) is 18.0 Å². The highest BCUT2D eigenvalue weighted by Gasteiger charge is 2.32. The average molecular weight is 378 g/mol. The van der Waals surface area contributed by atoms with Crippen LogP contribution in [0.5, 0.6) is 0 Å². The van der Waals surface area contributed by atoms with Crippen molar-refractivity contribution in [3.8, 4) is 5.69 Å². The molecular formula is C17H22N4O4S. The van der Waals surface area contributed by atoms with E-state index in [4.69, 9.17) is 4.74 Å². The standard InChI is InChI=1S/C17H22N4O4S/c1-3-25-17(22)19-9-11-20(12-10-19)26(23,24)16-13-21(18-14(16)2)15-7-5-4-6-8-15/h4-8,13H,3,9-12H2,1-2H3. The van der Waals surface area contributed by atoms with E-state index < -0.39 is 16.1 Å². The number of sulfonamides is 1. The Morgan fingerprint density at radius 1 is 1.15 bits per heavy atom. The summed E-state index contributed by atoms with van der Waals surface area (Å²) in [6.07, 6.45) is 1.13. The summed E-state index contributed by atoms with van der Waals surface area (Å²) in [5.74, 6) is 0. The Labute approximate surface area is 153 Å². The van der Waals surface area contributed by atoms with Gasteiger partial charge in [-0.2, -0.15) is 9.40 Å². The number of benzene rings is 1. The molecule has 0 radical (unpaired) electrons. The van der Waals surface area contributed by atoms with E-state index in [1.165, 1.54) is 15.4 Å². The molecule has 1 amide bonds. The third-order valence-electron chi connectivity index (χ3n) is 4.26. The number of hydrogen-bond donors (Lipinski definition) is 0. The van der Waals surface area contributed by atoms with E-state index in [0.29, 0.717) is 25.4 Å². The van der Waals surface area contributed by atoms with Gasteiger partial charge < -0.3 is 9.64 Å². The first-order valence-electron chi connectivity index (χ1n) is 8.47. The summed E-state index contributed by atoms with van der Waals surface area (Å²) >= 11 is 0. The van der Waals surface area contributed by atoms with Crippen molar-refractivity contribution in [3.63, 3.8) is 0 Å². The van der Waals surface area contributed by atoms with Crippen molar-refractivity contribution in [1.29, 1.82) is 0 Å². The minimum Gasteiger partial charge on any atom is -0.450 e. The van der Waals surface area contributed by atoms with Gasteiger partial charge in [-0.3, -0.25) is 0 Å². The summed E-state index contributed by atoms with van der Waals surface area (Å²) in [4.78, 5) is 13.5. The zero-order valence-corrected chi connectivity index (χ0v) is 15.6. The molecule has 8 nitrogen and oxygen atoms in total. The molecule has 140 valence electrons. The molecule has 0 aliphatic carbocycles. The van der Waals surface area contributed by atoms with Gasteiger partial charge >= 0.3 is 6.09 Å². The molecule has 0 spiro atoms. The molecule has 0 N–H and O–H groups in total. The van der Waals surface area contributed by atoms with Gasteiger partial charge in [-0.05, 0) is 26.0 Å². The Morgan fingerprint density at radius 2 is 1.81 bits per heavy atom. The van der Waals surface area contributed by atoms with Gasteiger partial charge in [0.25, 0.3) is 0 Å². The van der Waals surface area contributed by atoms with E-state index >= 15 is 0 Å². The fraction of sp³-hybridized carbons (Fsp3) is 0.412. The van der Waals surface area contributed by atoms with Crippen molar-refractivity contribution in [2.45, 2.75) is 18.7 Å². The number of ether oxygens (including phenoxy) is 1. The van der Waals surface area contributed by atoms with Crippen molar-refractivity contribution in [1.82, 2.24) is 19.0 Å². The second-order valence-corrected chi connectivity index (χ2v) is 7.86. The van der Waals surface area contributed by atoms with Crippen molar-refractivity contribution in [2.24, 2.45) is 0 Å². The maximum Gasteiger partial charge on any atom is 0.409 e. The van der Waals surface area contributed by atoms with E-state index in [9.17, 15) is 13.2 Å². The van der Waals surface area contributed by atoms with Crippen LogP contribution >= 0.6 is 0 Å². The predicted molar refractivity (Wildman–Crippen MR) is 95.7 cm³/mol. The molecule has 1 fully saturated rings. The van der Waals surface area contributed by atoms with E-state index in [1.54, 1.807) is 18.5 Å². The molecule has 0 unspecified atom stereocenters. The molecule has 0 saturated carbocycles. The Kier molecular flexibility index (Phi) is 5.28. The predicted octanol–water partition coefficient (Wildman–Crippen LogP) is 1.64. The Bertz CT molecular complexity index is 871. The van der Waals surface area contributed by atoms with E-state index in [1.807, 2.05) is 30.3 Å². The maximum absolute atomic E-state index is 13.0. The first kappa shape index (κ1) is 18.4. The molecule has 0 bridgehead atoms. The zero-order chi connectivity index (χ0) is 18.7. The topological polar surface area (TPSA) is 84.7 Å². The van der Waals surface area contributed by atoms with Crippen molar-refractivity contribution in [2.75, 3.05) is 32.8 Å². The molecule has 1 aliphatic heterocycles. The molecule has 1 aromatic heterocycles. The number of aryl methyl sites for hydroxylation is 1. The molecule has 26 heavy (non-hydrogen) atoms. The number of hydrogen-bond acceptors (Lipinski definition) is 5. The second-order valence-electron chi connectivity index (χ2n) is 5.95. The lowest BCUT2D eigenvalue weighted by Gasteiger charge is -2.33. The highest BCUT2D eigenvalue weighted by Crippen LogP contribution is 2.22. The lowest BCUT2D eigenvalue weighted by atomic mass is 10.3. The van der Waals surface area contributed by atoms with Crippen LogP contribution in [0.3, 0.4) is 0 Å². The zero-order valence-electron chi connectivity index (χ0n) is 14.8. The maximum atomic E-state index is 13.0. The van der Waals surface area contributed by atoms with Crippen LogP contribution in [0.4, 0.5) is 4.79 Å². The highest BCUT2D eigenvalue weighted by atomic mass is 32.2. The fourth-order valence-corrected chi connectivity index (χ4v) is 4.44. The number of carbonyl (C=O) groups excluding carboxylic acids is 1. The lowest BCUT2D eigenvalue weighted by molar-refractivity contribution is 0.0934. The van der Waals surface area contributed by atoms with E-state index in [0.717, 1.165) is 5.69 Å². The van der Waals surface area contributed by atoms with Crippen LogP contribution in [0.15, 0.2) is 41.4 Å². The number of rotatable bonds is 4. The van der Waals surface area contributed by atoms with Crippen molar-refractivity contribution in [3.05, 3.63) is 42.2 Å². The van der Waals surface area contributed by atoms with Crippen LogP contribution in [0.2, 0.25) is 0 Å². The summed E-state index contributed by atoms with van der Waals surface area (Å²) in [7, 11) is -3.67. The molecule has 1 aromatic carbocycles. The molecule has 2 heterocycles. The second kappa shape index (κ2) is 7.46. The molecule has 2 aromatic rings. The first-order chi connectivity index (χ1) is 12.4. The smallest absolute Gasteiger partial charge is 0.409 e. The van der Waals surface area contributed by atoms with Crippen LogP contribution in [0.1, 0.15) is 12.6 Å². The van der Waals surface area contributed by atoms with Gasteiger partial charge in [0, 0.05) is 26.2 Å². The van der Waals surface area contributed by atoms with Gasteiger partial charge in [-0.1, -0.05) is 18.2 Å². The van der Waals surface area contributed by atoms with Crippen LogP contribution in [0.25, 0.3) is 5.69 Å². The van der Waals surface area contributed by atoms with Gasteiger partial charge in [0.1, 0.15) is 4.90 Å². The minimum absolute atomic E-state index is 0.186. The van der Waals surface area contributed by atoms with Gasteiger partial charge in [0.15, 0.2) is 0 Å². The summed E-state index contributed by atoms with van der Waals surface area (Å²) in [5.41, 5.74) is 1.24. The molecular weight excluding hydrogens is 356 g/mol. The third-order valence-corrected chi connectivity index (χ3v) is 6.26. The Hall–Kier alpha value is -2.39. The number of piperazine rings is 1. The largest absolute Gasteiger partial charge is 0.450 e. The van der Waals surface area contributed by atoms with Crippen LogP contribution in [-0.4, -0.2) is 66.3 Å². The van der Waals surface area contributed by atoms with Gasteiger partial charge in [-0.15, -0.1) is 0 Å². The Balaban J connectivity index is 1.77. The monoisotopic (exact) mass is 378 g/mol. The van der Waals surface area contributed by atoms with Crippen LogP contribution in [0, 0.1) is 6.92 Å². The SMILES string of the molecule is CCOC(=O)N1CCN(S(=O)(=O)c2cn(-c3ccccc3)nc2C)CC1. The number of aromatic nitrogens is 2. The summed E-state index contributed by atoms with van der Waals surface area (Å²) in [5, 5.41) is 4.34. The Morgan fingerprint density at radius 3 is 2.42 bits per heavy atom. The molecule has 9 heteroatoms. The normalized spacial score (nSPS) is 15.8. The average Bonchev–Trinajstić information content (AvgIpc) is 3.05. The van der Waals surface area contributed by atoms with Crippen LogP contribution < -0.4 is 0 Å². The number of amides is 1.